The Balaban J connectivity index is 1.66. The molecule has 2 aliphatic heterocycles. The number of amides is 2. The molecule has 0 radical (unpaired) electrons. The van der Waals surface area contributed by atoms with Crippen LogP contribution in [-0.4, -0.2) is 45.7 Å². The molecule has 27 heavy (non-hydrogen) atoms. The first-order chi connectivity index (χ1) is 13.1. The number of hydrogen-bond acceptors (Lipinski definition) is 3. The van der Waals surface area contributed by atoms with Crippen molar-refractivity contribution in [3.05, 3.63) is 66.0 Å². The van der Waals surface area contributed by atoms with Crippen molar-refractivity contribution in [2.75, 3.05) is 13.1 Å². The lowest BCUT2D eigenvalue weighted by Crippen LogP contribution is -2.45. The maximum Gasteiger partial charge on any atom is 0.225 e. The highest BCUT2D eigenvalue weighted by molar-refractivity contribution is 5.80. The number of benzene rings is 1. The van der Waals surface area contributed by atoms with Crippen LogP contribution >= 0.6 is 0 Å². The molecule has 5 heteroatoms. The van der Waals surface area contributed by atoms with Crippen LogP contribution in [0, 0.1) is 0 Å². The van der Waals surface area contributed by atoms with Crippen LogP contribution in [0.3, 0.4) is 0 Å². The highest BCUT2D eigenvalue weighted by Gasteiger charge is 2.51. The Morgan fingerprint density at radius 1 is 1.11 bits per heavy atom. The molecule has 2 atom stereocenters. The molecule has 0 aliphatic carbocycles. The molecule has 0 bridgehead atoms. The van der Waals surface area contributed by atoms with Gasteiger partial charge in [-0.25, -0.2) is 0 Å². The van der Waals surface area contributed by atoms with Crippen LogP contribution in [0.1, 0.15) is 37.4 Å². The Morgan fingerprint density at radius 2 is 1.85 bits per heavy atom. The number of carbonyl (C=O) groups excluding carboxylic acids is 2. The Morgan fingerprint density at radius 3 is 2.56 bits per heavy atom. The summed E-state index contributed by atoms with van der Waals surface area (Å²) >= 11 is 0. The van der Waals surface area contributed by atoms with Crippen LogP contribution < -0.4 is 0 Å². The molecule has 5 nitrogen and oxygen atoms in total. The smallest absolute Gasteiger partial charge is 0.225 e. The zero-order valence-corrected chi connectivity index (χ0v) is 15.7. The molecule has 0 N–H and O–H groups in total. The zero-order chi connectivity index (χ0) is 18.9. The molecule has 1 aromatic carbocycles. The summed E-state index contributed by atoms with van der Waals surface area (Å²) in [6, 6.07) is 16.1. The van der Waals surface area contributed by atoms with Gasteiger partial charge in [0.2, 0.25) is 11.8 Å². The fourth-order valence-electron chi connectivity index (χ4n) is 4.77. The first-order valence-electron chi connectivity index (χ1n) is 9.60. The van der Waals surface area contributed by atoms with Gasteiger partial charge in [0.1, 0.15) is 0 Å². The number of likely N-dealkylation sites (tertiary alicyclic amines) is 2. The van der Waals surface area contributed by atoms with Crippen LogP contribution in [0.2, 0.25) is 0 Å². The fourth-order valence-corrected chi connectivity index (χ4v) is 4.77. The Kier molecular flexibility index (Phi) is 4.68. The molecule has 2 fully saturated rings. The van der Waals surface area contributed by atoms with Crippen molar-refractivity contribution in [3.8, 4) is 0 Å². The van der Waals surface area contributed by atoms with Crippen LogP contribution in [0.15, 0.2) is 54.7 Å². The second kappa shape index (κ2) is 7.14. The monoisotopic (exact) mass is 363 g/mol. The van der Waals surface area contributed by atoms with E-state index in [4.69, 9.17) is 0 Å². The maximum absolute atomic E-state index is 13.1. The van der Waals surface area contributed by atoms with E-state index in [0.717, 1.165) is 25.1 Å². The topological polar surface area (TPSA) is 53.5 Å². The van der Waals surface area contributed by atoms with E-state index < -0.39 is 0 Å². The lowest BCUT2D eigenvalue weighted by Gasteiger charge is -2.36. The second-order valence-electron chi connectivity index (χ2n) is 7.59. The Hall–Kier alpha value is -2.69. The number of aromatic nitrogens is 1. The predicted molar refractivity (Wildman–Crippen MR) is 103 cm³/mol. The molecule has 4 rings (SSSR count). The van der Waals surface area contributed by atoms with Crippen molar-refractivity contribution in [3.63, 3.8) is 0 Å². The van der Waals surface area contributed by atoms with E-state index >= 15 is 0 Å². The number of pyridine rings is 1. The number of rotatable bonds is 3. The SMILES string of the molecule is CC(=O)N1CCC2(c3ccccc3)CCN(Cc3ccccn3)C(=O)CC12. The van der Waals surface area contributed by atoms with Gasteiger partial charge in [0, 0.05) is 38.0 Å². The third kappa shape index (κ3) is 3.22. The van der Waals surface area contributed by atoms with E-state index in [-0.39, 0.29) is 23.3 Å². The summed E-state index contributed by atoms with van der Waals surface area (Å²) < 4.78 is 0. The average molecular weight is 363 g/mol. The minimum Gasteiger partial charge on any atom is -0.339 e. The van der Waals surface area contributed by atoms with Gasteiger partial charge in [-0.1, -0.05) is 36.4 Å². The molecule has 2 unspecified atom stereocenters. The summed E-state index contributed by atoms with van der Waals surface area (Å²) in [6.45, 7) is 3.55. The highest BCUT2D eigenvalue weighted by atomic mass is 16.2. The number of nitrogens with zero attached hydrogens (tertiary/aromatic N) is 3. The molecule has 1 aromatic heterocycles. The third-order valence-corrected chi connectivity index (χ3v) is 6.19. The molecule has 0 spiro atoms. The van der Waals surface area contributed by atoms with Crippen molar-refractivity contribution < 1.29 is 9.59 Å². The van der Waals surface area contributed by atoms with E-state index in [1.54, 1.807) is 13.1 Å². The lowest BCUT2D eigenvalue weighted by atomic mass is 9.71. The fraction of sp³-hybridized carbons (Fsp3) is 0.409. The highest BCUT2D eigenvalue weighted by Crippen LogP contribution is 2.46. The summed E-state index contributed by atoms with van der Waals surface area (Å²) in [5.74, 6) is 0.167. The van der Waals surface area contributed by atoms with Crippen molar-refractivity contribution in [1.29, 1.82) is 0 Å². The second-order valence-corrected chi connectivity index (χ2v) is 7.59. The summed E-state index contributed by atoms with van der Waals surface area (Å²) in [5, 5.41) is 0. The van der Waals surface area contributed by atoms with Gasteiger partial charge in [0.15, 0.2) is 0 Å². The van der Waals surface area contributed by atoms with E-state index in [2.05, 4.69) is 29.2 Å². The van der Waals surface area contributed by atoms with Gasteiger partial charge in [-0.05, 0) is 30.5 Å². The molecule has 140 valence electrons. The summed E-state index contributed by atoms with van der Waals surface area (Å²) in [4.78, 5) is 33.5. The number of carbonyl (C=O) groups is 2. The van der Waals surface area contributed by atoms with Gasteiger partial charge in [-0.15, -0.1) is 0 Å². The molecule has 2 aromatic rings. The van der Waals surface area contributed by atoms with Crippen molar-refractivity contribution in [2.24, 2.45) is 0 Å². The van der Waals surface area contributed by atoms with Gasteiger partial charge in [-0.3, -0.25) is 14.6 Å². The molecule has 2 aliphatic rings. The quantitative estimate of drug-likeness (QED) is 0.843. The minimum absolute atomic E-state index is 0.0591. The van der Waals surface area contributed by atoms with Crippen LogP contribution in [0.5, 0.6) is 0 Å². The van der Waals surface area contributed by atoms with Gasteiger partial charge < -0.3 is 9.80 Å². The van der Waals surface area contributed by atoms with Crippen LogP contribution in [0.25, 0.3) is 0 Å². The van der Waals surface area contributed by atoms with Gasteiger partial charge >= 0.3 is 0 Å². The first kappa shape index (κ1) is 17.7. The van der Waals surface area contributed by atoms with Gasteiger partial charge in [-0.2, -0.15) is 0 Å². The summed E-state index contributed by atoms with van der Waals surface area (Å²) in [5.41, 5.74) is 1.99. The van der Waals surface area contributed by atoms with Gasteiger partial charge in [0.05, 0.1) is 18.3 Å². The van der Waals surface area contributed by atoms with E-state index in [0.29, 0.717) is 19.5 Å². The Bertz CT molecular complexity index is 824. The number of fused-ring (bicyclic) bond motifs is 1. The molecule has 2 amide bonds. The molecule has 2 saturated heterocycles. The number of hydrogen-bond donors (Lipinski definition) is 0. The normalized spacial score (nSPS) is 25.2. The van der Waals surface area contributed by atoms with Crippen molar-refractivity contribution in [1.82, 2.24) is 14.8 Å². The summed E-state index contributed by atoms with van der Waals surface area (Å²) in [7, 11) is 0. The average Bonchev–Trinajstić information content (AvgIpc) is 2.99. The van der Waals surface area contributed by atoms with E-state index in [1.807, 2.05) is 34.1 Å². The standard InChI is InChI=1S/C22H25N3O2/c1-17(26)25-14-11-22(18-7-3-2-4-8-18)10-13-24(21(27)15-20(22)25)16-19-9-5-6-12-23-19/h2-9,12,20H,10-11,13-16H2,1H3. The van der Waals surface area contributed by atoms with Gasteiger partial charge in [0.25, 0.3) is 0 Å². The molecule has 3 heterocycles. The molecular weight excluding hydrogens is 338 g/mol. The lowest BCUT2D eigenvalue weighted by molar-refractivity contribution is -0.134. The third-order valence-electron chi connectivity index (χ3n) is 6.19. The van der Waals surface area contributed by atoms with Crippen LogP contribution in [-0.2, 0) is 21.5 Å². The maximum atomic E-state index is 13.1. The van der Waals surface area contributed by atoms with Crippen molar-refractivity contribution >= 4 is 11.8 Å². The largest absolute Gasteiger partial charge is 0.339 e. The zero-order valence-electron chi connectivity index (χ0n) is 15.7. The molecular formula is C22H25N3O2. The summed E-state index contributed by atoms with van der Waals surface area (Å²) in [6.07, 6.45) is 3.91. The first-order valence-corrected chi connectivity index (χ1v) is 9.60. The minimum atomic E-state index is -0.151. The molecule has 0 saturated carbocycles. The van der Waals surface area contributed by atoms with E-state index in [1.165, 1.54) is 5.56 Å². The Labute approximate surface area is 160 Å². The van der Waals surface area contributed by atoms with Crippen LogP contribution in [0.4, 0.5) is 0 Å². The van der Waals surface area contributed by atoms with E-state index in [9.17, 15) is 9.59 Å². The predicted octanol–water partition coefficient (Wildman–Crippen LogP) is 2.76. The van der Waals surface area contributed by atoms with Crippen molar-refractivity contribution in [2.45, 2.75) is 44.2 Å².